The second-order valence-electron chi connectivity index (χ2n) is 4.90. The van der Waals surface area contributed by atoms with Crippen LogP contribution in [0.15, 0.2) is 42.9 Å². The number of rotatable bonds is 3. The number of hydrogen-bond acceptors (Lipinski definition) is 5. The summed E-state index contributed by atoms with van der Waals surface area (Å²) in [4.78, 5) is 8.20. The molecule has 0 aliphatic heterocycles. The summed E-state index contributed by atoms with van der Waals surface area (Å²) in [6.07, 6.45) is 3.06. The van der Waals surface area contributed by atoms with Crippen molar-refractivity contribution in [2.45, 2.75) is 0 Å². The maximum atomic E-state index is 13.8. The van der Waals surface area contributed by atoms with Crippen LogP contribution in [0.3, 0.4) is 0 Å². The van der Waals surface area contributed by atoms with E-state index < -0.39 is 5.82 Å². The van der Waals surface area contributed by atoms with E-state index in [0.717, 1.165) is 10.9 Å². The number of nitrogens with one attached hydrogen (secondary N) is 1. The van der Waals surface area contributed by atoms with Gasteiger partial charge in [0.05, 0.1) is 29.7 Å². The van der Waals surface area contributed by atoms with Crippen LogP contribution in [0.4, 0.5) is 4.39 Å². The molecular weight excluding hydrogens is 299 g/mol. The summed E-state index contributed by atoms with van der Waals surface area (Å²) in [5.74, 6) is 0.543. The van der Waals surface area contributed by atoms with Crippen molar-refractivity contribution >= 4 is 21.8 Å². The van der Waals surface area contributed by atoms with Crippen molar-refractivity contribution in [3.63, 3.8) is 0 Å². The number of benzene rings is 2. The summed E-state index contributed by atoms with van der Waals surface area (Å²) >= 11 is 0. The Labute approximate surface area is 129 Å². The Bertz CT molecular complexity index is 1020. The van der Waals surface area contributed by atoms with Gasteiger partial charge in [0, 0.05) is 17.5 Å². The molecule has 6 nitrogen and oxygen atoms in total. The standard InChI is InChI=1S/C16H11FN4O2/c1-22-15-5-11-14(6-12(15)17)18-8-19-16(11)23-10-3-2-9-7-20-21-13(9)4-10/h2-8H,1H3,(H,20,21). The number of H-pyrrole nitrogens is 1. The zero-order valence-corrected chi connectivity index (χ0v) is 12.1. The zero-order chi connectivity index (χ0) is 15.8. The topological polar surface area (TPSA) is 72.9 Å². The third-order valence-corrected chi connectivity index (χ3v) is 3.50. The lowest BCUT2D eigenvalue weighted by molar-refractivity contribution is 0.387. The molecule has 2 aromatic heterocycles. The van der Waals surface area contributed by atoms with E-state index in [1.165, 1.54) is 25.6 Å². The van der Waals surface area contributed by atoms with Gasteiger partial charge in [0.25, 0.3) is 0 Å². The first-order valence-electron chi connectivity index (χ1n) is 6.84. The molecule has 114 valence electrons. The highest BCUT2D eigenvalue weighted by Crippen LogP contribution is 2.31. The van der Waals surface area contributed by atoms with Crippen molar-refractivity contribution in [2.24, 2.45) is 0 Å². The van der Waals surface area contributed by atoms with Crippen LogP contribution in [0.1, 0.15) is 0 Å². The van der Waals surface area contributed by atoms with Gasteiger partial charge in [-0.15, -0.1) is 0 Å². The minimum absolute atomic E-state index is 0.112. The van der Waals surface area contributed by atoms with E-state index in [1.54, 1.807) is 6.20 Å². The van der Waals surface area contributed by atoms with Crippen molar-refractivity contribution in [3.8, 4) is 17.4 Å². The summed E-state index contributed by atoms with van der Waals surface area (Å²) in [7, 11) is 1.40. The normalized spacial score (nSPS) is 11.0. The lowest BCUT2D eigenvalue weighted by atomic mass is 10.2. The van der Waals surface area contributed by atoms with Gasteiger partial charge in [0.1, 0.15) is 12.1 Å². The molecule has 1 N–H and O–H groups in total. The smallest absolute Gasteiger partial charge is 0.230 e. The number of halogens is 1. The SMILES string of the molecule is COc1cc2c(Oc3ccc4cn[nH]c4c3)ncnc2cc1F. The number of nitrogens with zero attached hydrogens (tertiary/aromatic N) is 3. The molecule has 0 saturated heterocycles. The maximum absolute atomic E-state index is 13.8. The second-order valence-corrected chi connectivity index (χ2v) is 4.90. The molecule has 0 bridgehead atoms. The van der Waals surface area contributed by atoms with Crippen LogP contribution in [0, 0.1) is 5.82 Å². The van der Waals surface area contributed by atoms with Gasteiger partial charge in [0.2, 0.25) is 5.88 Å². The van der Waals surface area contributed by atoms with Crippen LogP contribution >= 0.6 is 0 Å². The quantitative estimate of drug-likeness (QED) is 0.627. The maximum Gasteiger partial charge on any atom is 0.230 e. The Hall–Kier alpha value is -3.22. The molecule has 0 spiro atoms. The highest BCUT2D eigenvalue weighted by molar-refractivity contribution is 5.85. The molecule has 0 aliphatic carbocycles. The van der Waals surface area contributed by atoms with Crippen molar-refractivity contribution in [1.29, 1.82) is 0 Å². The Morgan fingerprint density at radius 2 is 2.04 bits per heavy atom. The fourth-order valence-corrected chi connectivity index (χ4v) is 2.36. The summed E-state index contributed by atoms with van der Waals surface area (Å²) < 4.78 is 24.6. The van der Waals surface area contributed by atoms with Gasteiger partial charge in [-0.2, -0.15) is 5.10 Å². The van der Waals surface area contributed by atoms with Gasteiger partial charge in [-0.05, 0) is 18.2 Å². The van der Waals surface area contributed by atoms with Crippen molar-refractivity contribution < 1.29 is 13.9 Å². The molecule has 0 atom stereocenters. The Morgan fingerprint density at radius 3 is 2.91 bits per heavy atom. The molecule has 23 heavy (non-hydrogen) atoms. The van der Waals surface area contributed by atoms with E-state index in [2.05, 4.69) is 20.2 Å². The van der Waals surface area contributed by atoms with Gasteiger partial charge < -0.3 is 9.47 Å². The molecule has 0 fully saturated rings. The van der Waals surface area contributed by atoms with E-state index in [0.29, 0.717) is 22.5 Å². The van der Waals surface area contributed by atoms with E-state index in [-0.39, 0.29) is 5.75 Å². The number of aromatic nitrogens is 4. The van der Waals surface area contributed by atoms with Gasteiger partial charge in [-0.25, -0.2) is 14.4 Å². The average molecular weight is 310 g/mol. The minimum Gasteiger partial charge on any atom is -0.494 e. The van der Waals surface area contributed by atoms with Crippen molar-refractivity contribution in [1.82, 2.24) is 20.2 Å². The molecule has 0 unspecified atom stereocenters. The zero-order valence-electron chi connectivity index (χ0n) is 12.1. The number of methoxy groups -OCH3 is 1. The highest BCUT2D eigenvalue weighted by Gasteiger charge is 2.12. The third kappa shape index (κ3) is 2.32. The van der Waals surface area contributed by atoms with Crippen molar-refractivity contribution in [3.05, 3.63) is 48.7 Å². The van der Waals surface area contributed by atoms with Crippen molar-refractivity contribution in [2.75, 3.05) is 7.11 Å². The molecule has 0 saturated carbocycles. The monoisotopic (exact) mass is 310 g/mol. The molecule has 7 heteroatoms. The molecule has 2 aromatic carbocycles. The Morgan fingerprint density at radius 1 is 1.13 bits per heavy atom. The molecule has 2 heterocycles. The summed E-state index contributed by atoms with van der Waals surface area (Å²) in [6, 6.07) is 8.33. The van der Waals surface area contributed by atoms with E-state index in [4.69, 9.17) is 9.47 Å². The fraction of sp³-hybridized carbons (Fsp3) is 0.0625. The lowest BCUT2D eigenvalue weighted by Gasteiger charge is -2.09. The van der Waals surface area contributed by atoms with Gasteiger partial charge in [0.15, 0.2) is 11.6 Å². The first kappa shape index (κ1) is 13.4. The predicted octanol–water partition coefficient (Wildman–Crippen LogP) is 3.45. The number of ether oxygens (including phenoxy) is 2. The van der Waals surface area contributed by atoms with Crippen LogP contribution < -0.4 is 9.47 Å². The Kier molecular flexibility index (Phi) is 3.04. The molecular formula is C16H11FN4O2. The summed E-state index contributed by atoms with van der Waals surface area (Å²) in [5.41, 5.74) is 1.29. The van der Waals surface area contributed by atoms with E-state index in [9.17, 15) is 4.39 Å². The van der Waals surface area contributed by atoms with Gasteiger partial charge in [-0.1, -0.05) is 0 Å². The average Bonchev–Trinajstić information content (AvgIpc) is 3.02. The van der Waals surface area contributed by atoms with Gasteiger partial charge in [-0.3, -0.25) is 5.10 Å². The number of hydrogen-bond donors (Lipinski definition) is 1. The van der Waals surface area contributed by atoms with E-state index in [1.807, 2.05) is 18.2 Å². The van der Waals surface area contributed by atoms with Crippen LogP contribution in [-0.2, 0) is 0 Å². The molecule has 4 aromatic rings. The predicted molar refractivity (Wildman–Crippen MR) is 82.2 cm³/mol. The van der Waals surface area contributed by atoms with Gasteiger partial charge >= 0.3 is 0 Å². The minimum atomic E-state index is -0.483. The number of aromatic amines is 1. The lowest BCUT2D eigenvalue weighted by Crippen LogP contribution is -1.94. The molecule has 0 amide bonds. The van der Waals surface area contributed by atoms with Crippen LogP contribution in [0.25, 0.3) is 21.8 Å². The second kappa shape index (κ2) is 5.20. The molecule has 0 aliphatic rings. The first-order valence-corrected chi connectivity index (χ1v) is 6.84. The summed E-state index contributed by atoms with van der Waals surface area (Å²) in [6.45, 7) is 0. The number of fused-ring (bicyclic) bond motifs is 2. The molecule has 0 radical (unpaired) electrons. The van der Waals surface area contributed by atoms with E-state index >= 15 is 0 Å². The molecule has 4 rings (SSSR count). The fourth-order valence-electron chi connectivity index (χ4n) is 2.36. The Balaban J connectivity index is 1.81. The largest absolute Gasteiger partial charge is 0.494 e. The van der Waals surface area contributed by atoms with Crippen LogP contribution in [0.2, 0.25) is 0 Å². The van der Waals surface area contributed by atoms with Crippen LogP contribution in [0.5, 0.6) is 17.4 Å². The first-order chi connectivity index (χ1) is 11.2. The van der Waals surface area contributed by atoms with Crippen LogP contribution in [-0.4, -0.2) is 27.3 Å². The highest BCUT2D eigenvalue weighted by atomic mass is 19.1. The third-order valence-electron chi connectivity index (χ3n) is 3.50. The summed E-state index contributed by atoms with van der Waals surface area (Å²) in [5, 5.41) is 8.39.